The predicted molar refractivity (Wildman–Crippen MR) is 73.0 cm³/mol. The zero-order chi connectivity index (χ0) is 12.9. The molecule has 3 rings (SSSR count). The van der Waals surface area contributed by atoms with Gasteiger partial charge in [0.2, 0.25) is 5.91 Å². The summed E-state index contributed by atoms with van der Waals surface area (Å²) in [6.07, 6.45) is 1.87. The molecule has 3 heteroatoms. The van der Waals surface area contributed by atoms with E-state index in [0.717, 1.165) is 31.6 Å². The molecule has 1 N–H and O–H groups in total. The molecule has 0 aliphatic carbocycles. The van der Waals surface area contributed by atoms with E-state index in [1.165, 1.54) is 16.7 Å². The van der Waals surface area contributed by atoms with Gasteiger partial charge in [-0.2, -0.15) is 0 Å². The SMILES string of the molecule is Cc1ccc2c(c1C)NC(=O)C21CCN(C)CC1. The van der Waals surface area contributed by atoms with Gasteiger partial charge in [0.25, 0.3) is 0 Å². The van der Waals surface area contributed by atoms with Crippen molar-refractivity contribution >= 4 is 11.6 Å². The molecule has 0 radical (unpaired) electrons. The second kappa shape index (κ2) is 3.82. The number of benzene rings is 1. The van der Waals surface area contributed by atoms with Crippen molar-refractivity contribution in [3.63, 3.8) is 0 Å². The first-order chi connectivity index (χ1) is 8.54. The van der Waals surface area contributed by atoms with Crippen molar-refractivity contribution in [1.82, 2.24) is 4.90 Å². The largest absolute Gasteiger partial charge is 0.325 e. The molecule has 1 spiro atoms. The van der Waals surface area contributed by atoms with E-state index in [1.807, 2.05) is 0 Å². The maximum absolute atomic E-state index is 12.4. The van der Waals surface area contributed by atoms with E-state index in [1.54, 1.807) is 0 Å². The van der Waals surface area contributed by atoms with Crippen LogP contribution in [-0.2, 0) is 10.2 Å². The van der Waals surface area contributed by atoms with Gasteiger partial charge in [-0.25, -0.2) is 0 Å². The van der Waals surface area contributed by atoms with Crippen LogP contribution in [0.4, 0.5) is 5.69 Å². The number of carbonyl (C=O) groups excluding carboxylic acids is 1. The van der Waals surface area contributed by atoms with E-state index < -0.39 is 0 Å². The summed E-state index contributed by atoms with van der Waals surface area (Å²) in [4.78, 5) is 14.8. The van der Waals surface area contributed by atoms with Crippen LogP contribution in [-0.4, -0.2) is 30.9 Å². The number of nitrogens with zero attached hydrogens (tertiary/aromatic N) is 1. The summed E-state index contributed by atoms with van der Waals surface area (Å²) < 4.78 is 0. The number of piperidine rings is 1. The fourth-order valence-electron chi connectivity index (χ4n) is 3.23. The lowest BCUT2D eigenvalue weighted by molar-refractivity contribution is -0.122. The van der Waals surface area contributed by atoms with Gasteiger partial charge in [0.05, 0.1) is 5.41 Å². The third-order valence-corrected chi connectivity index (χ3v) is 4.77. The average molecular weight is 244 g/mol. The van der Waals surface area contributed by atoms with Crippen molar-refractivity contribution in [3.8, 4) is 0 Å². The minimum absolute atomic E-state index is 0.208. The highest BCUT2D eigenvalue weighted by molar-refractivity contribution is 6.07. The van der Waals surface area contributed by atoms with E-state index in [9.17, 15) is 4.79 Å². The monoisotopic (exact) mass is 244 g/mol. The third-order valence-electron chi connectivity index (χ3n) is 4.77. The molecule has 1 fully saturated rings. The van der Waals surface area contributed by atoms with Crippen molar-refractivity contribution in [2.45, 2.75) is 32.1 Å². The van der Waals surface area contributed by atoms with Gasteiger partial charge in [0.1, 0.15) is 0 Å². The molecular formula is C15H20N2O. The summed E-state index contributed by atoms with van der Waals surface area (Å²) in [6.45, 7) is 6.20. The fraction of sp³-hybridized carbons (Fsp3) is 0.533. The molecule has 1 saturated heterocycles. The summed E-state index contributed by atoms with van der Waals surface area (Å²) in [5, 5.41) is 3.12. The Morgan fingerprint density at radius 1 is 1.22 bits per heavy atom. The number of amides is 1. The summed E-state index contributed by atoms with van der Waals surface area (Å²) in [5.41, 5.74) is 4.50. The van der Waals surface area contributed by atoms with E-state index >= 15 is 0 Å². The maximum atomic E-state index is 12.4. The molecule has 1 amide bonds. The number of fused-ring (bicyclic) bond motifs is 2. The first kappa shape index (κ1) is 11.7. The van der Waals surface area contributed by atoms with Crippen LogP contribution in [0.5, 0.6) is 0 Å². The maximum Gasteiger partial charge on any atom is 0.235 e. The minimum atomic E-state index is -0.264. The van der Waals surface area contributed by atoms with Gasteiger partial charge in [0.15, 0.2) is 0 Å². The number of aryl methyl sites for hydroxylation is 1. The molecule has 18 heavy (non-hydrogen) atoms. The quantitative estimate of drug-likeness (QED) is 0.759. The van der Waals surface area contributed by atoms with E-state index in [4.69, 9.17) is 0 Å². The van der Waals surface area contributed by atoms with Gasteiger partial charge < -0.3 is 10.2 Å². The summed E-state index contributed by atoms with van der Waals surface area (Å²) in [7, 11) is 2.13. The summed E-state index contributed by atoms with van der Waals surface area (Å²) in [6, 6.07) is 4.30. The van der Waals surface area contributed by atoms with Crippen LogP contribution in [0.3, 0.4) is 0 Å². The lowest BCUT2D eigenvalue weighted by Crippen LogP contribution is -2.45. The molecule has 0 bridgehead atoms. The molecule has 2 heterocycles. The van der Waals surface area contributed by atoms with Gasteiger partial charge in [-0.3, -0.25) is 4.79 Å². The standard InChI is InChI=1S/C15H20N2O/c1-10-4-5-12-13(11(10)2)16-14(18)15(12)6-8-17(3)9-7-15/h4-5H,6-9H2,1-3H3,(H,16,18). The van der Waals surface area contributed by atoms with Gasteiger partial charge in [-0.15, -0.1) is 0 Å². The number of rotatable bonds is 0. The number of anilines is 1. The number of nitrogens with one attached hydrogen (secondary N) is 1. The van der Waals surface area contributed by atoms with Crippen molar-refractivity contribution in [1.29, 1.82) is 0 Å². The smallest absolute Gasteiger partial charge is 0.235 e. The zero-order valence-electron chi connectivity index (χ0n) is 11.3. The number of likely N-dealkylation sites (tertiary alicyclic amines) is 1. The van der Waals surface area contributed by atoms with Gasteiger partial charge in [0, 0.05) is 5.69 Å². The Kier molecular flexibility index (Phi) is 2.49. The van der Waals surface area contributed by atoms with Crippen LogP contribution < -0.4 is 5.32 Å². The van der Waals surface area contributed by atoms with Gasteiger partial charge >= 0.3 is 0 Å². The van der Waals surface area contributed by atoms with Crippen LogP contribution in [0.1, 0.15) is 29.5 Å². The molecule has 0 unspecified atom stereocenters. The van der Waals surface area contributed by atoms with E-state index in [-0.39, 0.29) is 11.3 Å². The Morgan fingerprint density at radius 3 is 2.56 bits per heavy atom. The predicted octanol–water partition coefficient (Wildman–Crippen LogP) is 2.22. The average Bonchev–Trinajstić information content (AvgIpc) is 2.63. The molecule has 0 aromatic heterocycles. The van der Waals surface area contributed by atoms with Crippen LogP contribution in [0.25, 0.3) is 0 Å². The number of hydrogen-bond donors (Lipinski definition) is 1. The topological polar surface area (TPSA) is 32.3 Å². The number of hydrogen-bond acceptors (Lipinski definition) is 2. The Balaban J connectivity index is 2.10. The third kappa shape index (κ3) is 1.43. The van der Waals surface area contributed by atoms with Crippen molar-refractivity contribution in [2.24, 2.45) is 0 Å². The highest BCUT2D eigenvalue weighted by atomic mass is 16.2. The second-order valence-electron chi connectivity index (χ2n) is 5.77. The molecule has 3 nitrogen and oxygen atoms in total. The second-order valence-corrected chi connectivity index (χ2v) is 5.77. The van der Waals surface area contributed by atoms with Crippen molar-refractivity contribution in [3.05, 3.63) is 28.8 Å². The van der Waals surface area contributed by atoms with Crippen molar-refractivity contribution in [2.75, 3.05) is 25.5 Å². The molecule has 1 aromatic carbocycles. The summed E-state index contributed by atoms with van der Waals surface area (Å²) in [5.74, 6) is 0.208. The molecule has 0 atom stereocenters. The Hall–Kier alpha value is -1.35. The van der Waals surface area contributed by atoms with Gasteiger partial charge in [-0.05, 0) is 63.5 Å². The van der Waals surface area contributed by atoms with Crippen LogP contribution in [0.2, 0.25) is 0 Å². The molecular weight excluding hydrogens is 224 g/mol. The Labute approximate surface area is 108 Å². The Bertz CT molecular complexity index is 513. The van der Waals surface area contributed by atoms with E-state index in [2.05, 4.69) is 43.2 Å². The molecule has 0 saturated carbocycles. The molecule has 2 aliphatic heterocycles. The fourth-order valence-corrected chi connectivity index (χ4v) is 3.23. The molecule has 2 aliphatic rings. The van der Waals surface area contributed by atoms with Crippen LogP contribution in [0, 0.1) is 13.8 Å². The lowest BCUT2D eigenvalue weighted by atomic mass is 9.73. The van der Waals surface area contributed by atoms with Crippen molar-refractivity contribution < 1.29 is 4.79 Å². The highest BCUT2D eigenvalue weighted by Crippen LogP contribution is 2.46. The first-order valence-electron chi connectivity index (χ1n) is 6.65. The highest BCUT2D eigenvalue weighted by Gasteiger charge is 2.48. The summed E-state index contributed by atoms with van der Waals surface area (Å²) >= 11 is 0. The first-order valence-corrected chi connectivity index (χ1v) is 6.65. The molecule has 96 valence electrons. The molecule has 1 aromatic rings. The van der Waals surface area contributed by atoms with E-state index in [0.29, 0.717) is 0 Å². The van der Waals surface area contributed by atoms with Crippen LogP contribution >= 0.6 is 0 Å². The lowest BCUT2D eigenvalue weighted by Gasteiger charge is -2.36. The Morgan fingerprint density at radius 2 is 1.89 bits per heavy atom. The van der Waals surface area contributed by atoms with Gasteiger partial charge in [-0.1, -0.05) is 12.1 Å². The number of carbonyl (C=O) groups is 1. The minimum Gasteiger partial charge on any atom is -0.325 e. The zero-order valence-corrected chi connectivity index (χ0v) is 11.3. The normalized spacial score (nSPS) is 22.1. The van der Waals surface area contributed by atoms with Crippen LogP contribution in [0.15, 0.2) is 12.1 Å².